The van der Waals surface area contributed by atoms with Crippen LogP contribution in [0.25, 0.3) is 22.2 Å². The predicted octanol–water partition coefficient (Wildman–Crippen LogP) is 7.58. The van der Waals surface area contributed by atoms with Crippen molar-refractivity contribution in [2.45, 2.75) is 31.6 Å². The van der Waals surface area contributed by atoms with Crippen molar-refractivity contribution in [2.75, 3.05) is 5.32 Å². The van der Waals surface area contributed by atoms with Crippen LogP contribution in [-0.2, 0) is 4.79 Å². The van der Waals surface area contributed by atoms with E-state index in [1.807, 2.05) is 48.5 Å². The molecule has 32 heavy (non-hydrogen) atoms. The fourth-order valence-electron chi connectivity index (χ4n) is 4.23. The third-order valence-corrected chi connectivity index (χ3v) is 7.51. The molecule has 2 aromatic heterocycles. The van der Waals surface area contributed by atoms with E-state index in [-0.39, 0.29) is 11.8 Å². The van der Waals surface area contributed by atoms with Crippen LogP contribution in [0.2, 0.25) is 10.0 Å². The highest BCUT2D eigenvalue weighted by molar-refractivity contribution is 7.10. The molecule has 1 N–H and O–H groups in total. The largest absolute Gasteiger partial charge is 0.310 e. The number of pyridine rings is 1. The summed E-state index contributed by atoms with van der Waals surface area (Å²) in [6, 6.07) is 17.1. The Balaban J connectivity index is 1.20. The van der Waals surface area contributed by atoms with Gasteiger partial charge in [-0.05, 0) is 68.1 Å². The van der Waals surface area contributed by atoms with Crippen LogP contribution in [0.4, 0.5) is 5.82 Å². The molecule has 4 aromatic rings. The predicted molar refractivity (Wildman–Crippen MR) is 133 cm³/mol. The summed E-state index contributed by atoms with van der Waals surface area (Å²) >= 11 is 13.7. The van der Waals surface area contributed by atoms with E-state index >= 15 is 0 Å². The molecule has 0 spiro atoms. The number of anilines is 1. The second-order valence-electron chi connectivity index (χ2n) is 8.15. The van der Waals surface area contributed by atoms with E-state index in [9.17, 15) is 4.79 Å². The lowest BCUT2D eigenvalue weighted by atomic mass is 9.82. The Morgan fingerprint density at radius 3 is 2.44 bits per heavy atom. The Morgan fingerprint density at radius 1 is 0.906 bits per heavy atom. The summed E-state index contributed by atoms with van der Waals surface area (Å²) in [6.07, 6.45) is 3.65. The fourth-order valence-corrected chi connectivity index (χ4v) is 5.53. The molecule has 162 valence electrons. The number of rotatable bonds is 4. The molecule has 0 radical (unpaired) electrons. The van der Waals surface area contributed by atoms with Crippen molar-refractivity contribution < 1.29 is 4.79 Å². The molecule has 1 saturated carbocycles. The molecular formula is C25H21Cl2N3OS. The van der Waals surface area contributed by atoms with Crippen molar-refractivity contribution in [3.63, 3.8) is 0 Å². The molecule has 5 rings (SSSR count). The summed E-state index contributed by atoms with van der Waals surface area (Å²) < 4.78 is 0. The molecule has 0 unspecified atom stereocenters. The first-order chi connectivity index (χ1) is 15.5. The third kappa shape index (κ3) is 4.65. The van der Waals surface area contributed by atoms with E-state index in [0.29, 0.717) is 16.8 Å². The maximum atomic E-state index is 12.8. The summed E-state index contributed by atoms with van der Waals surface area (Å²) in [5.41, 5.74) is 2.89. The van der Waals surface area contributed by atoms with Crippen LogP contribution in [0, 0.1) is 5.92 Å². The van der Waals surface area contributed by atoms with E-state index in [2.05, 4.69) is 15.7 Å². The van der Waals surface area contributed by atoms with Crippen LogP contribution < -0.4 is 5.32 Å². The van der Waals surface area contributed by atoms with E-state index in [1.54, 1.807) is 17.4 Å². The van der Waals surface area contributed by atoms with E-state index < -0.39 is 0 Å². The second kappa shape index (κ2) is 9.18. The average molecular weight is 482 g/mol. The minimum Gasteiger partial charge on any atom is -0.310 e. The lowest BCUT2D eigenvalue weighted by Crippen LogP contribution is -2.27. The smallest absolute Gasteiger partial charge is 0.228 e. The topological polar surface area (TPSA) is 54.9 Å². The Morgan fingerprint density at radius 2 is 1.66 bits per heavy atom. The molecule has 2 aromatic carbocycles. The molecule has 1 amide bonds. The molecule has 0 saturated heterocycles. The number of benzene rings is 2. The zero-order valence-electron chi connectivity index (χ0n) is 17.2. The standard InChI is InChI=1S/C25H21Cl2N3OS/c26-19-8-5-15(6-9-19)22-14-32-25(29-22)17-3-1-16(2-4-17)24(31)30-23-12-7-18-13-20(27)10-11-21(18)28-23/h5-14,16-17H,1-4H2,(H,28,30,31)/t16-,17-. The lowest BCUT2D eigenvalue weighted by molar-refractivity contribution is -0.120. The number of amides is 1. The number of hydrogen-bond acceptors (Lipinski definition) is 4. The fraction of sp³-hybridized carbons (Fsp3) is 0.240. The van der Waals surface area contributed by atoms with Crippen LogP contribution in [-0.4, -0.2) is 15.9 Å². The SMILES string of the molecule is O=C(Nc1ccc2cc(Cl)ccc2n1)[C@H]1CC[C@H](c2nc(-c3ccc(Cl)cc3)cs2)CC1. The van der Waals surface area contributed by atoms with Gasteiger partial charge in [-0.25, -0.2) is 9.97 Å². The van der Waals surface area contributed by atoms with E-state index in [0.717, 1.165) is 57.9 Å². The number of hydrogen-bond donors (Lipinski definition) is 1. The number of fused-ring (bicyclic) bond motifs is 1. The van der Waals surface area contributed by atoms with Gasteiger partial charge in [0.15, 0.2) is 0 Å². The number of nitrogens with one attached hydrogen (secondary N) is 1. The highest BCUT2D eigenvalue weighted by atomic mass is 35.5. The minimum atomic E-state index is 0.00432. The first kappa shape index (κ1) is 21.4. The quantitative estimate of drug-likeness (QED) is 0.326. The first-order valence-corrected chi connectivity index (χ1v) is 12.3. The highest BCUT2D eigenvalue weighted by Gasteiger charge is 2.29. The van der Waals surface area contributed by atoms with Crippen molar-refractivity contribution in [3.05, 3.63) is 75.0 Å². The Kier molecular flexibility index (Phi) is 6.13. The third-order valence-electron chi connectivity index (χ3n) is 6.01. The number of nitrogens with zero attached hydrogens (tertiary/aromatic N) is 2. The molecule has 2 heterocycles. The van der Waals surface area contributed by atoms with Gasteiger partial charge in [-0.1, -0.05) is 35.3 Å². The van der Waals surface area contributed by atoms with Crippen LogP contribution >= 0.6 is 34.5 Å². The molecule has 1 fully saturated rings. The first-order valence-electron chi connectivity index (χ1n) is 10.6. The van der Waals surface area contributed by atoms with E-state index in [4.69, 9.17) is 28.2 Å². The van der Waals surface area contributed by atoms with Gasteiger partial charge in [0.25, 0.3) is 0 Å². The molecule has 7 heteroatoms. The van der Waals surface area contributed by atoms with Gasteiger partial charge >= 0.3 is 0 Å². The van der Waals surface area contributed by atoms with Crippen LogP contribution in [0.3, 0.4) is 0 Å². The van der Waals surface area contributed by atoms with Crippen molar-refractivity contribution in [2.24, 2.45) is 5.92 Å². The average Bonchev–Trinajstić information content (AvgIpc) is 3.30. The summed E-state index contributed by atoms with van der Waals surface area (Å²) in [4.78, 5) is 22.2. The number of carbonyl (C=O) groups is 1. The van der Waals surface area contributed by atoms with Gasteiger partial charge in [-0.2, -0.15) is 0 Å². The molecule has 0 aliphatic heterocycles. The van der Waals surface area contributed by atoms with Gasteiger partial charge in [-0.15, -0.1) is 11.3 Å². The Hall–Kier alpha value is -2.47. The lowest BCUT2D eigenvalue weighted by Gasteiger charge is -2.26. The summed E-state index contributed by atoms with van der Waals surface area (Å²) in [7, 11) is 0. The summed E-state index contributed by atoms with van der Waals surface area (Å²) in [5.74, 6) is 1.04. The van der Waals surface area contributed by atoms with Crippen LogP contribution in [0.1, 0.15) is 36.6 Å². The molecular weight excluding hydrogens is 461 g/mol. The van der Waals surface area contributed by atoms with Gasteiger partial charge in [0.2, 0.25) is 5.91 Å². The zero-order valence-corrected chi connectivity index (χ0v) is 19.6. The van der Waals surface area contributed by atoms with Crippen molar-refractivity contribution in [1.82, 2.24) is 9.97 Å². The van der Waals surface area contributed by atoms with Gasteiger partial charge < -0.3 is 5.32 Å². The summed E-state index contributed by atoms with van der Waals surface area (Å²) in [5, 5.41) is 8.62. The maximum Gasteiger partial charge on any atom is 0.228 e. The van der Waals surface area contributed by atoms with Crippen LogP contribution in [0.15, 0.2) is 60.0 Å². The molecule has 0 atom stereocenters. The Labute approximate surface area is 200 Å². The van der Waals surface area contributed by atoms with E-state index in [1.165, 1.54) is 0 Å². The maximum absolute atomic E-state index is 12.8. The molecule has 1 aliphatic carbocycles. The van der Waals surface area contributed by atoms with Gasteiger partial charge in [0, 0.05) is 38.2 Å². The number of carbonyl (C=O) groups excluding carboxylic acids is 1. The van der Waals surface area contributed by atoms with Gasteiger partial charge in [0.05, 0.1) is 16.2 Å². The van der Waals surface area contributed by atoms with Crippen LogP contribution in [0.5, 0.6) is 0 Å². The van der Waals surface area contributed by atoms with Gasteiger partial charge in [-0.3, -0.25) is 4.79 Å². The van der Waals surface area contributed by atoms with Gasteiger partial charge in [0.1, 0.15) is 5.82 Å². The number of thiazole rings is 1. The normalized spacial score (nSPS) is 18.6. The summed E-state index contributed by atoms with van der Waals surface area (Å²) in [6.45, 7) is 0. The molecule has 0 bridgehead atoms. The highest BCUT2D eigenvalue weighted by Crippen LogP contribution is 2.38. The second-order valence-corrected chi connectivity index (χ2v) is 9.91. The number of halogens is 2. The molecule has 4 nitrogen and oxygen atoms in total. The molecule has 1 aliphatic rings. The minimum absolute atomic E-state index is 0.00432. The zero-order chi connectivity index (χ0) is 22.1. The number of aromatic nitrogens is 2. The Bertz CT molecular complexity index is 1260. The van der Waals surface area contributed by atoms with Crippen molar-refractivity contribution in [3.8, 4) is 11.3 Å². The van der Waals surface area contributed by atoms with Crippen molar-refractivity contribution >= 4 is 57.2 Å². The monoisotopic (exact) mass is 481 g/mol. The van der Waals surface area contributed by atoms with Crippen molar-refractivity contribution in [1.29, 1.82) is 0 Å².